The Balaban J connectivity index is 1.91. The van der Waals surface area contributed by atoms with Crippen LogP contribution in [0.3, 0.4) is 0 Å². The predicted molar refractivity (Wildman–Crippen MR) is 86.1 cm³/mol. The van der Waals surface area contributed by atoms with Gasteiger partial charge in [-0.05, 0) is 53.6 Å². The Bertz CT molecular complexity index is 760. The molecule has 23 heavy (non-hydrogen) atoms. The van der Waals surface area contributed by atoms with Gasteiger partial charge in [0.2, 0.25) is 0 Å². The van der Waals surface area contributed by atoms with Gasteiger partial charge in [0.25, 0.3) is 5.91 Å². The van der Waals surface area contributed by atoms with Gasteiger partial charge in [0.1, 0.15) is 11.4 Å². The van der Waals surface area contributed by atoms with Gasteiger partial charge >= 0.3 is 6.18 Å². The Morgan fingerprint density at radius 3 is 2.74 bits per heavy atom. The molecule has 122 valence electrons. The standard InChI is InChI=1S/C15H12F3IN2O2/c16-15(17,18)13-6-12(23-7-14(22)20-9-2-3-9)10-5-8(19)1-4-11(10)21-13/h1,4-6,9H,2-3,7H2,(H,20,22). The van der Waals surface area contributed by atoms with Crippen LogP contribution in [0, 0.1) is 3.57 Å². The van der Waals surface area contributed by atoms with Crippen molar-refractivity contribution in [3.63, 3.8) is 0 Å². The normalized spacial score (nSPS) is 14.8. The number of pyridine rings is 1. The van der Waals surface area contributed by atoms with Crippen LogP contribution in [0.15, 0.2) is 24.3 Å². The average Bonchev–Trinajstić information content (AvgIpc) is 3.27. The van der Waals surface area contributed by atoms with Gasteiger partial charge in [0.05, 0.1) is 5.52 Å². The average molecular weight is 436 g/mol. The number of nitrogens with one attached hydrogen (secondary N) is 1. The van der Waals surface area contributed by atoms with E-state index < -0.39 is 11.9 Å². The number of alkyl halides is 3. The lowest BCUT2D eigenvalue weighted by Gasteiger charge is -2.13. The molecule has 1 N–H and O–H groups in total. The minimum Gasteiger partial charge on any atom is -0.483 e. The van der Waals surface area contributed by atoms with E-state index in [1.165, 1.54) is 6.07 Å². The highest BCUT2D eigenvalue weighted by Crippen LogP contribution is 2.34. The first-order chi connectivity index (χ1) is 10.8. The Kier molecular flexibility index (Phi) is 4.35. The van der Waals surface area contributed by atoms with Crippen LogP contribution in [0.5, 0.6) is 5.75 Å². The van der Waals surface area contributed by atoms with Gasteiger partial charge in [-0.1, -0.05) is 0 Å². The zero-order chi connectivity index (χ0) is 16.6. The number of hydrogen-bond donors (Lipinski definition) is 1. The number of carbonyl (C=O) groups is 1. The van der Waals surface area contributed by atoms with E-state index in [1.807, 2.05) is 0 Å². The second kappa shape index (κ2) is 6.14. The minimum atomic E-state index is -4.58. The number of carbonyl (C=O) groups excluding carboxylic acids is 1. The maximum absolute atomic E-state index is 13.0. The largest absolute Gasteiger partial charge is 0.483 e. The number of ether oxygens (including phenoxy) is 1. The second-order valence-corrected chi connectivity index (χ2v) is 6.54. The van der Waals surface area contributed by atoms with Crippen LogP contribution >= 0.6 is 22.6 Å². The van der Waals surface area contributed by atoms with Crippen molar-refractivity contribution in [3.05, 3.63) is 33.5 Å². The summed E-state index contributed by atoms with van der Waals surface area (Å²) in [4.78, 5) is 15.3. The molecule has 0 aliphatic heterocycles. The number of benzene rings is 1. The van der Waals surface area contributed by atoms with Gasteiger partial charge in [0, 0.05) is 21.1 Å². The highest BCUT2D eigenvalue weighted by atomic mass is 127. The van der Waals surface area contributed by atoms with Crippen LogP contribution in [0.1, 0.15) is 18.5 Å². The van der Waals surface area contributed by atoms with Crippen molar-refractivity contribution in [1.82, 2.24) is 10.3 Å². The number of amides is 1. The van der Waals surface area contributed by atoms with Crippen LogP contribution < -0.4 is 10.1 Å². The summed E-state index contributed by atoms with van der Waals surface area (Å²) in [6, 6.07) is 5.86. The molecule has 8 heteroatoms. The molecule has 0 atom stereocenters. The fourth-order valence-corrected chi connectivity index (χ4v) is 2.56. The number of hydrogen-bond acceptors (Lipinski definition) is 3. The molecule has 1 amide bonds. The summed E-state index contributed by atoms with van der Waals surface area (Å²) in [5, 5.41) is 3.17. The van der Waals surface area contributed by atoms with Crippen molar-refractivity contribution < 1.29 is 22.7 Å². The summed E-state index contributed by atoms with van der Waals surface area (Å²) < 4.78 is 45.0. The molecule has 0 saturated heterocycles. The number of rotatable bonds is 4. The Labute approximate surface area is 143 Å². The molecule has 1 saturated carbocycles. The Morgan fingerprint density at radius 2 is 2.09 bits per heavy atom. The topological polar surface area (TPSA) is 51.2 Å². The molecule has 1 aromatic heterocycles. The SMILES string of the molecule is O=C(COc1cc(C(F)(F)F)nc2ccc(I)cc12)NC1CC1. The van der Waals surface area contributed by atoms with E-state index >= 15 is 0 Å². The summed E-state index contributed by atoms with van der Waals surface area (Å²) in [6.45, 7) is -0.321. The monoisotopic (exact) mass is 436 g/mol. The maximum atomic E-state index is 13.0. The van der Waals surface area contributed by atoms with Crippen LogP contribution in [-0.2, 0) is 11.0 Å². The van der Waals surface area contributed by atoms with Crippen LogP contribution in [0.4, 0.5) is 13.2 Å². The molecule has 1 aliphatic rings. The van der Waals surface area contributed by atoms with Gasteiger partial charge in [-0.3, -0.25) is 4.79 Å². The van der Waals surface area contributed by atoms with Crippen molar-refractivity contribution in [2.45, 2.75) is 25.1 Å². The molecule has 3 rings (SSSR count). The number of halogens is 4. The number of aromatic nitrogens is 1. The van der Waals surface area contributed by atoms with Gasteiger partial charge in [-0.2, -0.15) is 13.2 Å². The fourth-order valence-electron chi connectivity index (χ4n) is 2.07. The summed E-state index contributed by atoms with van der Waals surface area (Å²) in [5.74, 6) is -0.330. The smallest absolute Gasteiger partial charge is 0.433 e. The minimum absolute atomic E-state index is 0.00629. The third-order valence-corrected chi connectivity index (χ3v) is 4.00. The van der Waals surface area contributed by atoms with E-state index in [0.717, 1.165) is 22.5 Å². The highest BCUT2D eigenvalue weighted by Gasteiger charge is 2.34. The van der Waals surface area contributed by atoms with E-state index in [2.05, 4.69) is 32.9 Å². The molecule has 1 aromatic carbocycles. The lowest BCUT2D eigenvalue weighted by Crippen LogP contribution is -2.30. The molecule has 0 unspecified atom stereocenters. The maximum Gasteiger partial charge on any atom is 0.433 e. The zero-order valence-electron chi connectivity index (χ0n) is 11.8. The number of fused-ring (bicyclic) bond motifs is 1. The lowest BCUT2D eigenvalue weighted by atomic mass is 10.2. The van der Waals surface area contributed by atoms with Crippen LogP contribution in [0.2, 0.25) is 0 Å². The summed E-state index contributed by atoms with van der Waals surface area (Å²) in [7, 11) is 0. The first-order valence-corrected chi connectivity index (χ1v) is 8.00. The summed E-state index contributed by atoms with van der Waals surface area (Å²) in [6.07, 6.45) is -2.72. The molecule has 2 aromatic rings. The van der Waals surface area contributed by atoms with Crippen molar-refractivity contribution >= 4 is 39.4 Å². The third kappa shape index (κ3) is 4.04. The first-order valence-electron chi connectivity index (χ1n) is 6.92. The van der Waals surface area contributed by atoms with Crippen molar-refractivity contribution in [2.75, 3.05) is 6.61 Å². The summed E-state index contributed by atoms with van der Waals surface area (Å²) >= 11 is 2.05. The second-order valence-electron chi connectivity index (χ2n) is 5.30. The van der Waals surface area contributed by atoms with Crippen LogP contribution in [-0.4, -0.2) is 23.5 Å². The Hall–Kier alpha value is -1.58. The van der Waals surface area contributed by atoms with Gasteiger partial charge in [0.15, 0.2) is 6.61 Å². The molecule has 1 fully saturated rings. The van der Waals surface area contributed by atoms with Gasteiger partial charge < -0.3 is 10.1 Å². The molecule has 0 spiro atoms. The van der Waals surface area contributed by atoms with E-state index in [4.69, 9.17) is 4.74 Å². The number of nitrogens with zero attached hydrogens (tertiary/aromatic N) is 1. The Morgan fingerprint density at radius 1 is 1.35 bits per heavy atom. The lowest BCUT2D eigenvalue weighted by molar-refractivity contribution is -0.141. The predicted octanol–water partition coefficient (Wildman–Crippen LogP) is 3.52. The van der Waals surface area contributed by atoms with E-state index in [-0.39, 0.29) is 29.8 Å². The molecular weight excluding hydrogens is 424 g/mol. The van der Waals surface area contributed by atoms with Crippen molar-refractivity contribution in [3.8, 4) is 5.75 Å². The molecule has 0 bridgehead atoms. The quantitative estimate of drug-likeness (QED) is 0.747. The fraction of sp³-hybridized carbons (Fsp3) is 0.333. The zero-order valence-corrected chi connectivity index (χ0v) is 13.9. The van der Waals surface area contributed by atoms with Crippen molar-refractivity contribution in [1.29, 1.82) is 0 Å². The molecule has 4 nitrogen and oxygen atoms in total. The molecular formula is C15H12F3IN2O2. The molecule has 1 aliphatic carbocycles. The van der Waals surface area contributed by atoms with Gasteiger partial charge in [-0.15, -0.1) is 0 Å². The van der Waals surface area contributed by atoms with Crippen LogP contribution in [0.25, 0.3) is 10.9 Å². The van der Waals surface area contributed by atoms with E-state index in [9.17, 15) is 18.0 Å². The molecule has 1 heterocycles. The first kappa shape index (κ1) is 16.3. The summed E-state index contributed by atoms with van der Waals surface area (Å²) in [5.41, 5.74) is -0.860. The van der Waals surface area contributed by atoms with E-state index in [0.29, 0.717) is 5.39 Å². The van der Waals surface area contributed by atoms with Crippen molar-refractivity contribution in [2.24, 2.45) is 0 Å². The highest BCUT2D eigenvalue weighted by molar-refractivity contribution is 14.1. The van der Waals surface area contributed by atoms with E-state index in [1.54, 1.807) is 12.1 Å². The molecule has 0 radical (unpaired) electrons. The third-order valence-electron chi connectivity index (χ3n) is 3.32. The van der Waals surface area contributed by atoms with Gasteiger partial charge in [-0.25, -0.2) is 4.98 Å².